The number of ether oxygens (including phenoxy) is 2. The van der Waals surface area contributed by atoms with Gasteiger partial charge in [-0.05, 0) is 18.6 Å². The Bertz CT molecular complexity index is 1240. The molecular formula is C21H20FN5O5. The van der Waals surface area contributed by atoms with Crippen LogP contribution in [0.5, 0.6) is 5.75 Å². The van der Waals surface area contributed by atoms with E-state index in [1.807, 2.05) is 0 Å². The van der Waals surface area contributed by atoms with E-state index in [-0.39, 0.29) is 41.3 Å². The van der Waals surface area contributed by atoms with E-state index in [1.54, 1.807) is 28.9 Å². The maximum Gasteiger partial charge on any atom is 0.511 e. The normalized spacial score (nSPS) is 20.1. The molecule has 0 unspecified atom stereocenters. The van der Waals surface area contributed by atoms with E-state index in [1.165, 1.54) is 6.07 Å². The number of nitrogens with two attached hydrogens (primary N) is 1. The lowest BCUT2D eigenvalue weighted by Gasteiger charge is -2.30. The van der Waals surface area contributed by atoms with Crippen molar-refractivity contribution in [2.45, 2.75) is 25.0 Å². The second-order valence-corrected chi connectivity index (χ2v) is 7.73. The summed E-state index contributed by atoms with van der Waals surface area (Å²) in [5, 5.41) is 14.6. The molecule has 1 fully saturated rings. The Morgan fingerprint density at radius 1 is 1.44 bits per heavy atom. The van der Waals surface area contributed by atoms with E-state index in [9.17, 15) is 9.59 Å². The van der Waals surface area contributed by atoms with Gasteiger partial charge in [0.1, 0.15) is 5.75 Å². The summed E-state index contributed by atoms with van der Waals surface area (Å²) in [5.74, 6) is -0.800. The van der Waals surface area contributed by atoms with Crippen LogP contribution in [0.2, 0.25) is 0 Å². The molecule has 0 aromatic carbocycles. The van der Waals surface area contributed by atoms with E-state index in [4.69, 9.17) is 20.3 Å². The number of fused-ring (bicyclic) bond motifs is 2. The summed E-state index contributed by atoms with van der Waals surface area (Å²) in [5.41, 5.74) is 8.05. The molecule has 3 aromatic heterocycles. The van der Waals surface area contributed by atoms with Crippen molar-refractivity contribution in [3.63, 3.8) is 0 Å². The van der Waals surface area contributed by atoms with E-state index < -0.39 is 17.9 Å². The van der Waals surface area contributed by atoms with Crippen molar-refractivity contribution in [1.82, 2.24) is 14.7 Å². The van der Waals surface area contributed by atoms with Gasteiger partial charge in [0, 0.05) is 60.3 Å². The highest BCUT2D eigenvalue weighted by atomic mass is 19.1. The second-order valence-electron chi connectivity index (χ2n) is 7.73. The number of anilines is 1. The first-order chi connectivity index (χ1) is 15.4. The van der Waals surface area contributed by atoms with Gasteiger partial charge in [0.25, 0.3) is 5.91 Å². The van der Waals surface area contributed by atoms with E-state index >= 15 is 4.39 Å². The van der Waals surface area contributed by atoms with Crippen molar-refractivity contribution in [2.75, 3.05) is 18.5 Å². The van der Waals surface area contributed by atoms with Gasteiger partial charge in [0.15, 0.2) is 11.6 Å². The molecule has 10 nitrogen and oxygen atoms in total. The van der Waals surface area contributed by atoms with Crippen LogP contribution in [-0.2, 0) is 11.3 Å². The van der Waals surface area contributed by atoms with Gasteiger partial charge in [-0.15, -0.1) is 0 Å². The van der Waals surface area contributed by atoms with Gasteiger partial charge in [0.05, 0.1) is 17.9 Å². The maximum absolute atomic E-state index is 15.2. The van der Waals surface area contributed by atoms with Crippen molar-refractivity contribution < 1.29 is 28.6 Å². The molecule has 5 heterocycles. The fourth-order valence-electron chi connectivity index (χ4n) is 4.08. The lowest BCUT2D eigenvalue weighted by Crippen LogP contribution is -2.48. The number of carbonyl (C=O) groups is 2. The van der Waals surface area contributed by atoms with Crippen LogP contribution in [0.1, 0.15) is 22.3 Å². The predicted octanol–water partition coefficient (Wildman–Crippen LogP) is 1.97. The lowest BCUT2D eigenvalue weighted by atomic mass is 10.0. The molecule has 5 rings (SSSR count). The highest BCUT2D eigenvalue weighted by Crippen LogP contribution is 2.34. The van der Waals surface area contributed by atoms with Gasteiger partial charge >= 0.3 is 6.16 Å². The molecule has 2 aliphatic rings. The van der Waals surface area contributed by atoms with Gasteiger partial charge < -0.3 is 35.3 Å². The number of nitrogens with one attached hydrogen (secondary N) is 2. The molecule has 166 valence electrons. The largest absolute Gasteiger partial charge is 0.511 e. The molecule has 0 spiro atoms. The summed E-state index contributed by atoms with van der Waals surface area (Å²) in [6.07, 6.45) is 2.55. The Morgan fingerprint density at radius 3 is 3.06 bits per heavy atom. The Kier molecular flexibility index (Phi) is 4.91. The Balaban J connectivity index is 1.59. The average molecular weight is 441 g/mol. The number of pyridine rings is 2. The van der Waals surface area contributed by atoms with Crippen molar-refractivity contribution >= 4 is 23.4 Å². The summed E-state index contributed by atoms with van der Waals surface area (Å²) in [6.45, 7) is 0.938. The standard InChI is InChI=1S/C21H20FN5O5/c22-17-13-7-24-20(28)16(13)18(26-19(17)25-15-2-4-31-9-14(15)23)10-5-11-6-12(32-21(29)30)1-3-27(11)8-10/h1,3,5-6,8,14-15H,2,4,7,9,23H2,(H,24,28)(H,25,26)(H,29,30)/t14-,15+/m0/s1. The Morgan fingerprint density at radius 2 is 2.28 bits per heavy atom. The SMILES string of the molecule is N[C@H]1COCC[C@H]1Nc1nc(-c2cc3cc(OC(=O)O)ccn3c2)c2c(c1F)CNC2=O. The van der Waals surface area contributed by atoms with Crippen LogP contribution in [-0.4, -0.2) is 51.9 Å². The average Bonchev–Trinajstić information content (AvgIpc) is 3.35. The number of hydrogen-bond donors (Lipinski definition) is 4. The molecule has 0 bridgehead atoms. The summed E-state index contributed by atoms with van der Waals surface area (Å²) in [6, 6.07) is 4.24. The maximum atomic E-state index is 15.2. The number of hydrogen-bond acceptors (Lipinski definition) is 7. The van der Waals surface area contributed by atoms with Crippen LogP contribution in [0.3, 0.4) is 0 Å². The predicted molar refractivity (Wildman–Crippen MR) is 111 cm³/mol. The Labute approximate surface area is 181 Å². The third kappa shape index (κ3) is 3.51. The molecule has 0 aliphatic carbocycles. The first kappa shape index (κ1) is 20.2. The zero-order valence-electron chi connectivity index (χ0n) is 16.8. The second kappa shape index (κ2) is 7.77. The fourth-order valence-corrected chi connectivity index (χ4v) is 4.08. The Hall–Kier alpha value is -3.70. The zero-order valence-corrected chi connectivity index (χ0v) is 16.8. The van der Waals surface area contributed by atoms with Crippen molar-refractivity contribution in [3.8, 4) is 17.0 Å². The van der Waals surface area contributed by atoms with Crippen LogP contribution in [0.25, 0.3) is 16.8 Å². The molecule has 2 atom stereocenters. The topological polar surface area (TPSA) is 140 Å². The van der Waals surface area contributed by atoms with Crippen LogP contribution in [0.15, 0.2) is 30.6 Å². The van der Waals surface area contributed by atoms with Gasteiger partial charge in [-0.25, -0.2) is 14.2 Å². The van der Waals surface area contributed by atoms with Crippen molar-refractivity contribution in [3.05, 3.63) is 47.5 Å². The smallest absolute Gasteiger partial charge is 0.449 e. The number of amides is 1. The van der Waals surface area contributed by atoms with Crippen molar-refractivity contribution in [1.29, 1.82) is 0 Å². The minimum atomic E-state index is -1.42. The van der Waals surface area contributed by atoms with E-state index in [0.29, 0.717) is 36.4 Å². The molecule has 5 N–H and O–H groups in total. The molecular weight excluding hydrogens is 421 g/mol. The van der Waals surface area contributed by atoms with Gasteiger partial charge in [-0.2, -0.15) is 0 Å². The number of carboxylic acid groups (broad SMARTS) is 1. The number of nitrogens with zero attached hydrogens (tertiary/aromatic N) is 2. The third-order valence-electron chi connectivity index (χ3n) is 5.66. The van der Waals surface area contributed by atoms with E-state index in [2.05, 4.69) is 15.6 Å². The molecule has 2 aliphatic heterocycles. The molecule has 1 saturated heterocycles. The first-order valence-corrected chi connectivity index (χ1v) is 10.0. The summed E-state index contributed by atoms with van der Waals surface area (Å²) >= 11 is 0. The quantitative estimate of drug-likeness (QED) is 0.451. The number of halogens is 1. The van der Waals surface area contributed by atoms with Crippen molar-refractivity contribution in [2.24, 2.45) is 5.73 Å². The monoisotopic (exact) mass is 441 g/mol. The minimum absolute atomic E-state index is 0.0303. The van der Waals surface area contributed by atoms with E-state index in [0.717, 1.165) is 0 Å². The number of rotatable bonds is 4. The first-order valence-electron chi connectivity index (χ1n) is 10.0. The zero-order chi connectivity index (χ0) is 22.4. The van der Waals surface area contributed by atoms with Gasteiger partial charge in [0.2, 0.25) is 0 Å². The van der Waals surface area contributed by atoms with Crippen LogP contribution in [0, 0.1) is 5.82 Å². The molecule has 32 heavy (non-hydrogen) atoms. The number of aromatic nitrogens is 2. The van der Waals surface area contributed by atoms with Crippen LogP contribution in [0.4, 0.5) is 15.0 Å². The fraction of sp³-hybridized carbons (Fsp3) is 0.286. The third-order valence-corrected chi connectivity index (χ3v) is 5.66. The summed E-state index contributed by atoms with van der Waals surface area (Å²) in [7, 11) is 0. The molecule has 1 amide bonds. The van der Waals surface area contributed by atoms with Gasteiger partial charge in [-0.3, -0.25) is 4.79 Å². The molecule has 11 heteroatoms. The number of carbonyl (C=O) groups excluding carboxylic acids is 1. The van der Waals surface area contributed by atoms with Gasteiger partial charge in [-0.1, -0.05) is 0 Å². The lowest BCUT2D eigenvalue weighted by molar-refractivity contribution is 0.0751. The highest BCUT2D eigenvalue weighted by Gasteiger charge is 2.32. The highest BCUT2D eigenvalue weighted by molar-refractivity contribution is 6.04. The molecule has 0 radical (unpaired) electrons. The summed E-state index contributed by atoms with van der Waals surface area (Å²) < 4.78 is 27.0. The minimum Gasteiger partial charge on any atom is -0.449 e. The summed E-state index contributed by atoms with van der Waals surface area (Å²) in [4.78, 5) is 27.8. The van der Waals surface area contributed by atoms with Crippen LogP contribution >= 0.6 is 0 Å². The molecule has 3 aromatic rings. The van der Waals surface area contributed by atoms with Crippen LogP contribution < -0.4 is 21.1 Å². The molecule has 0 saturated carbocycles.